The summed E-state index contributed by atoms with van der Waals surface area (Å²) >= 11 is 0. The van der Waals surface area contributed by atoms with Gasteiger partial charge in [0.05, 0.1) is 11.8 Å². The molecule has 1 saturated carbocycles. The molecule has 0 atom stereocenters. The van der Waals surface area contributed by atoms with Gasteiger partial charge in [-0.15, -0.1) is 0 Å². The molecule has 2 aromatic heterocycles. The zero-order valence-corrected chi connectivity index (χ0v) is 20.7. The number of nitrogens with zero attached hydrogens (tertiary/aromatic N) is 1. The lowest BCUT2D eigenvalue weighted by atomic mass is 10.0. The second-order valence-electron chi connectivity index (χ2n) is 9.01. The summed E-state index contributed by atoms with van der Waals surface area (Å²) in [6, 6.07) is 12.4. The van der Waals surface area contributed by atoms with Crippen molar-refractivity contribution in [2.45, 2.75) is 38.0 Å². The molecule has 37 heavy (non-hydrogen) atoms. The second-order valence-corrected chi connectivity index (χ2v) is 11.0. The van der Waals surface area contributed by atoms with Gasteiger partial charge in [0.25, 0.3) is 11.5 Å². The number of halogens is 1. The standard InChI is InChI=1S/C26H24FN4O5S/c1-2-15-5-10-22-20(12-15)23(19-4-3-11-28-25(19)32)24(26(33)30-37(35,36)18-7-8-18)31(22)14-16-13-17(29-34)6-9-21(16)27/h3-6,9-13,18,29H,2,7-8,14H2,1H3,(H,28,32)(H,30,33)/q-1. The van der Waals surface area contributed by atoms with Crippen molar-refractivity contribution in [3.63, 3.8) is 0 Å². The van der Waals surface area contributed by atoms with E-state index in [0.29, 0.717) is 30.2 Å². The molecule has 0 radical (unpaired) electrons. The van der Waals surface area contributed by atoms with Crippen LogP contribution in [0.2, 0.25) is 0 Å². The van der Waals surface area contributed by atoms with E-state index < -0.39 is 32.6 Å². The lowest BCUT2D eigenvalue weighted by Gasteiger charge is -2.15. The number of carbonyl (C=O) groups is 1. The number of nitrogens with one attached hydrogen (secondary N) is 3. The first-order chi connectivity index (χ1) is 17.7. The number of sulfonamides is 1. The molecule has 0 aliphatic heterocycles. The van der Waals surface area contributed by atoms with Gasteiger partial charge in [-0.25, -0.2) is 17.5 Å². The van der Waals surface area contributed by atoms with Crippen LogP contribution < -0.4 is 15.8 Å². The Bertz CT molecular complexity index is 1690. The molecule has 5 rings (SSSR count). The minimum atomic E-state index is -3.93. The van der Waals surface area contributed by atoms with Gasteiger partial charge in [0.2, 0.25) is 10.0 Å². The zero-order valence-electron chi connectivity index (χ0n) is 19.9. The van der Waals surface area contributed by atoms with Crippen LogP contribution in [0.25, 0.3) is 22.0 Å². The molecule has 2 heterocycles. The quantitative estimate of drug-likeness (QED) is 0.300. The summed E-state index contributed by atoms with van der Waals surface area (Å²) in [5.41, 5.74) is 3.25. The molecule has 9 nitrogen and oxygen atoms in total. The van der Waals surface area contributed by atoms with Crippen LogP contribution in [0.5, 0.6) is 0 Å². The number of fused-ring (bicyclic) bond motifs is 1. The van der Waals surface area contributed by atoms with E-state index in [1.807, 2.05) is 19.1 Å². The first-order valence-electron chi connectivity index (χ1n) is 11.8. The monoisotopic (exact) mass is 523 g/mol. The van der Waals surface area contributed by atoms with Crippen molar-refractivity contribution < 1.29 is 17.6 Å². The highest BCUT2D eigenvalue weighted by atomic mass is 32.2. The third kappa shape index (κ3) is 4.63. The average Bonchev–Trinajstić information content (AvgIpc) is 3.70. The molecule has 1 aliphatic rings. The number of hydrogen-bond acceptors (Lipinski definition) is 6. The summed E-state index contributed by atoms with van der Waals surface area (Å²) in [6.07, 6.45) is 3.04. The lowest BCUT2D eigenvalue weighted by molar-refractivity contribution is 0.0974. The Kier molecular flexibility index (Phi) is 6.34. The van der Waals surface area contributed by atoms with Gasteiger partial charge in [-0.3, -0.25) is 9.59 Å². The predicted molar refractivity (Wildman–Crippen MR) is 139 cm³/mol. The number of hydrogen-bond donors (Lipinski definition) is 3. The molecule has 0 saturated heterocycles. The Hall–Kier alpha value is -3.96. The van der Waals surface area contributed by atoms with Gasteiger partial charge in [-0.2, -0.15) is 0 Å². The van der Waals surface area contributed by atoms with Gasteiger partial charge in [-0.05, 0) is 67.3 Å². The molecule has 3 N–H and O–H groups in total. The highest BCUT2D eigenvalue weighted by Gasteiger charge is 2.38. The van der Waals surface area contributed by atoms with Gasteiger partial charge >= 0.3 is 0 Å². The number of rotatable bonds is 8. The van der Waals surface area contributed by atoms with E-state index in [-0.39, 0.29) is 34.6 Å². The summed E-state index contributed by atoms with van der Waals surface area (Å²) < 4.78 is 43.9. The molecule has 0 bridgehead atoms. The average molecular weight is 524 g/mol. The number of aromatic nitrogens is 2. The molecule has 1 amide bonds. The zero-order chi connectivity index (χ0) is 26.3. The molecule has 0 unspecified atom stereocenters. The summed E-state index contributed by atoms with van der Waals surface area (Å²) in [5.74, 6) is -1.53. The third-order valence-corrected chi connectivity index (χ3v) is 8.35. The van der Waals surface area contributed by atoms with Crippen LogP contribution in [0.4, 0.5) is 10.1 Å². The van der Waals surface area contributed by atoms with Gasteiger partial charge in [0.15, 0.2) is 0 Å². The maximum Gasteiger partial charge on any atom is 0.282 e. The summed E-state index contributed by atoms with van der Waals surface area (Å²) in [6.45, 7) is 1.76. The van der Waals surface area contributed by atoms with E-state index >= 15 is 0 Å². The fourth-order valence-electron chi connectivity index (χ4n) is 4.48. The lowest BCUT2D eigenvalue weighted by Crippen LogP contribution is -2.35. The SMILES string of the molecule is CCc1ccc2c(c1)c(-c1ccc[nH]c1=O)c(C(=O)NS(=O)(=O)C1CC1)n2Cc1cc(N[O-])ccc1F. The fraction of sp³-hybridized carbons (Fsp3) is 0.231. The van der Waals surface area contributed by atoms with Crippen molar-refractivity contribution in [2.24, 2.45) is 0 Å². The number of pyridine rings is 1. The number of carbonyl (C=O) groups excluding carboxylic acids is 1. The minimum Gasteiger partial charge on any atom is -0.761 e. The highest BCUT2D eigenvalue weighted by Crippen LogP contribution is 2.36. The molecule has 1 aliphatic carbocycles. The second kappa shape index (κ2) is 9.49. The molecular formula is C26H24FN4O5S-. The largest absolute Gasteiger partial charge is 0.761 e. The summed E-state index contributed by atoms with van der Waals surface area (Å²) in [4.78, 5) is 29.1. The number of benzene rings is 2. The summed E-state index contributed by atoms with van der Waals surface area (Å²) in [7, 11) is -3.93. The van der Waals surface area contributed by atoms with Crippen LogP contribution in [0.15, 0.2) is 59.5 Å². The van der Waals surface area contributed by atoms with Crippen molar-refractivity contribution in [2.75, 3.05) is 5.48 Å². The number of aromatic amines is 1. The van der Waals surface area contributed by atoms with Crippen LogP contribution in [0.3, 0.4) is 0 Å². The van der Waals surface area contributed by atoms with Crippen LogP contribution in [-0.2, 0) is 23.0 Å². The van der Waals surface area contributed by atoms with Crippen molar-refractivity contribution in [3.05, 3.63) is 92.9 Å². The maximum absolute atomic E-state index is 14.8. The van der Waals surface area contributed by atoms with Crippen LogP contribution in [-0.4, -0.2) is 29.1 Å². The van der Waals surface area contributed by atoms with Crippen LogP contribution >= 0.6 is 0 Å². The van der Waals surface area contributed by atoms with E-state index in [9.17, 15) is 27.6 Å². The van der Waals surface area contributed by atoms with E-state index in [1.54, 1.807) is 23.7 Å². The first kappa shape index (κ1) is 24.7. The number of anilines is 1. The molecule has 4 aromatic rings. The van der Waals surface area contributed by atoms with Crippen molar-refractivity contribution in [3.8, 4) is 11.1 Å². The number of aryl methyl sites for hydroxylation is 1. The Morgan fingerprint density at radius 1 is 1.19 bits per heavy atom. The summed E-state index contributed by atoms with van der Waals surface area (Å²) in [5, 5.41) is 11.1. The van der Waals surface area contributed by atoms with E-state index in [0.717, 1.165) is 11.6 Å². The Morgan fingerprint density at radius 3 is 2.65 bits per heavy atom. The van der Waals surface area contributed by atoms with Crippen LogP contribution in [0.1, 0.15) is 41.4 Å². The van der Waals surface area contributed by atoms with Gasteiger partial charge in [-0.1, -0.05) is 13.0 Å². The van der Waals surface area contributed by atoms with Crippen molar-refractivity contribution >= 4 is 32.5 Å². The number of amides is 1. The van der Waals surface area contributed by atoms with Gasteiger partial charge < -0.3 is 20.2 Å². The molecule has 1 fully saturated rings. The fourth-order valence-corrected chi connectivity index (χ4v) is 5.76. The van der Waals surface area contributed by atoms with Gasteiger partial charge in [0.1, 0.15) is 11.5 Å². The Balaban J connectivity index is 1.81. The third-order valence-electron chi connectivity index (χ3n) is 6.53. The predicted octanol–water partition coefficient (Wildman–Crippen LogP) is 3.88. The van der Waals surface area contributed by atoms with E-state index in [1.165, 1.54) is 22.9 Å². The van der Waals surface area contributed by atoms with Crippen molar-refractivity contribution in [1.82, 2.24) is 14.3 Å². The first-order valence-corrected chi connectivity index (χ1v) is 13.3. The number of H-pyrrole nitrogens is 1. The smallest absolute Gasteiger partial charge is 0.282 e. The Labute approximate surface area is 212 Å². The maximum atomic E-state index is 14.8. The highest BCUT2D eigenvalue weighted by molar-refractivity contribution is 7.91. The van der Waals surface area contributed by atoms with Crippen molar-refractivity contribution in [1.29, 1.82) is 0 Å². The molecule has 0 spiro atoms. The van der Waals surface area contributed by atoms with Crippen LogP contribution in [0, 0.1) is 11.0 Å². The molecule has 11 heteroatoms. The molecule has 2 aromatic carbocycles. The molecule has 192 valence electrons. The topological polar surface area (TPSA) is 136 Å². The normalized spacial score (nSPS) is 13.6. The van der Waals surface area contributed by atoms with Gasteiger partial charge in [0, 0.05) is 39.5 Å². The van der Waals surface area contributed by atoms with E-state index in [4.69, 9.17) is 0 Å². The Morgan fingerprint density at radius 2 is 1.97 bits per heavy atom. The minimum absolute atomic E-state index is 0.0935. The molecular weight excluding hydrogens is 499 g/mol. The van der Waals surface area contributed by atoms with E-state index in [2.05, 4.69) is 9.71 Å².